The van der Waals surface area contributed by atoms with E-state index < -0.39 is 0 Å². The second-order valence-corrected chi connectivity index (χ2v) is 5.84. The molecule has 5 heteroatoms. The molecule has 122 valence electrons. The van der Waals surface area contributed by atoms with Crippen LogP contribution in [0.5, 0.6) is 0 Å². The number of aromatic nitrogens is 2. The Kier molecular flexibility index (Phi) is 5.19. The van der Waals surface area contributed by atoms with E-state index in [1.165, 1.54) is 24.0 Å². The second kappa shape index (κ2) is 7.71. The van der Waals surface area contributed by atoms with E-state index in [4.69, 9.17) is 6.42 Å². The van der Waals surface area contributed by atoms with Gasteiger partial charge < -0.3 is 5.32 Å². The highest BCUT2D eigenvalue weighted by Gasteiger charge is 2.16. The van der Waals surface area contributed by atoms with Gasteiger partial charge in [-0.25, -0.2) is 0 Å². The molecular formula is C19H20N4O. The number of fused-ring (bicyclic) bond motifs is 1. The maximum Gasteiger partial charge on any atom is 0.238 e. The highest BCUT2D eigenvalue weighted by molar-refractivity contribution is 5.93. The molecule has 0 bridgehead atoms. The van der Waals surface area contributed by atoms with E-state index in [1.807, 2.05) is 30.5 Å². The maximum absolute atomic E-state index is 11.9. The normalized spacial score (nSPS) is 13.0. The van der Waals surface area contributed by atoms with E-state index in [1.54, 1.807) is 0 Å². The summed E-state index contributed by atoms with van der Waals surface area (Å²) in [5.74, 6) is 2.32. The van der Waals surface area contributed by atoms with Crippen molar-refractivity contribution in [1.29, 1.82) is 0 Å². The Morgan fingerprint density at radius 1 is 1.29 bits per heavy atom. The van der Waals surface area contributed by atoms with E-state index in [0.717, 1.165) is 29.8 Å². The molecule has 1 amide bonds. The van der Waals surface area contributed by atoms with Gasteiger partial charge in [-0.05, 0) is 48.9 Å². The number of rotatable bonds is 5. The first kappa shape index (κ1) is 16.2. The van der Waals surface area contributed by atoms with Crippen molar-refractivity contribution in [2.45, 2.75) is 25.7 Å². The lowest BCUT2D eigenvalue weighted by molar-refractivity contribution is -0.115. The topological polar surface area (TPSA) is 66.9 Å². The van der Waals surface area contributed by atoms with Crippen molar-refractivity contribution in [3.8, 4) is 23.6 Å². The summed E-state index contributed by atoms with van der Waals surface area (Å²) in [6.45, 7) is 0.564. The highest BCUT2D eigenvalue weighted by Crippen LogP contribution is 2.30. The Bertz CT molecular complexity index is 779. The monoisotopic (exact) mass is 320 g/mol. The smallest absolute Gasteiger partial charge is 0.238 e. The minimum Gasteiger partial charge on any atom is -0.325 e. The van der Waals surface area contributed by atoms with Crippen molar-refractivity contribution >= 4 is 11.6 Å². The number of aryl methyl sites for hydroxylation is 1. The Hall–Kier alpha value is -2.71. The van der Waals surface area contributed by atoms with Gasteiger partial charge >= 0.3 is 0 Å². The van der Waals surface area contributed by atoms with Gasteiger partial charge in [-0.3, -0.25) is 10.1 Å². The van der Waals surface area contributed by atoms with Crippen molar-refractivity contribution in [2.75, 3.05) is 18.4 Å². The number of benzene rings is 1. The summed E-state index contributed by atoms with van der Waals surface area (Å²) < 4.78 is 0. The fraction of sp³-hybridized carbons (Fsp3) is 0.316. The SMILES string of the molecule is C#CCNCC(=O)Nc1cccc(-c2nncc3c2CCCC3)c1. The van der Waals surface area contributed by atoms with E-state index >= 15 is 0 Å². The molecule has 0 saturated heterocycles. The number of carbonyl (C=O) groups is 1. The van der Waals surface area contributed by atoms with E-state index in [2.05, 4.69) is 26.8 Å². The van der Waals surface area contributed by atoms with Crippen LogP contribution in [-0.2, 0) is 17.6 Å². The van der Waals surface area contributed by atoms with Crippen LogP contribution in [0.2, 0.25) is 0 Å². The molecule has 1 heterocycles. The predicted molar refractivity (Wildman–Crippen MR) is 94.4 cm³/mol. The third-order valence-electron chi connectivity index (χ3n) is 4.10. The van der Waals surface area contributed by atoms with E-state index in [-0.39, 0.29) is 12.5 Å². The number of carbonyl (C=O) groups excluding carboxylic acids is 1. The molecule has 2 N–H and O–H groups in total. The average Bonchev–Trinajstić information content (AvgIpc) is 2.62. The molecule has 0 spiro atoms. The van der Waals surface area contributed by atoms with Gasteiger partial charge in [-0.1, -0.05) is 18.1 Å². The van der Waals surface area contributed by atoms with Crippen LogP contribution in [0.4, 0.5) is 5.69 Å². The lowest BCUT2D eigenvalue weighted by Gasteiger charge is -2.18. The summed E-state index contributed by atoms with van der Waals surface area (Å²) in [6.07, 6.45) is 11.5. The highest BCUT2D eigenvalue weighted by atomic mass is 16.1. The average molecular weight is 320 g/mol. The lowest BCUT2D eigenvalue weighted by atomic mass is 9.90. The van der Waals surface area contributed by atoms with Crippen molar-refractivity contribution in [2.24, 2.45) is 0 Å². The number of hydrogen-bond acceptors (Lipinski definition) is 4. The molecule has 1 aromatic carbocycles. The van der Waals surface area contributed by atoms with Crippen LogP contribution in [0.25, 0.3) is 11.3 Å². The van der Waals surface area contributed by atoms with Crippen LogP contribution in [0.1, 0.15) is 24.0 Å². The zero-order valence-corrected chi connectivity index (χ0v) is 13.5. The molecule has 0 aliphatic heterocycles. The molecule has 1 aliphatic carbocycles. The Morgan fingerprint density at radius 3 is 3.04 bits per heavy atom. The van der Waals surface area contributed by atoms with Crippen molar-refractivity contribution in [3.05, 3.63) is 41.6 Å². The fourth-order valence-corrected chi connectivity index (χ4v) is 2.99. The first-order chi connectivity index (χ1) is 11.8. The summed E-state index contributed by atoms with van der Waals surface area (Å²) in [5, 5.41) is 14.2. The van der Waals surface area contributed by atoms with E-state index in [9.17, 15) is 4.79 Å². The Labute approximate surface area is 141 Å². The molecular weight excluding hydrogens is 300 g/mol. The summed E-state index contributed by atoms with van der Waals surface area (Å²) in [7, 11) is 0. The van der Waals surface area contributed by atoms with Crippen LogP contribution in [0.3, 0.4) is 0 Å². The quantitative estimate of drug-likeness (QED) is 0.654. The number of nitrogens with zero attached hydrogens (tertiary/aromatic N) is 2. The summed E-state index contributed by atoms with van der Waals surface area (Å²) >= 11 is 0. The largest absolute Gasteiger partial charge is 0.325 e. The molecule has 0 atom stereocenters. The molecule has 5 nitrogen and oxygen atoms in total. The fourth-order valence-electron chi connectivity index (χ4n) is 2.99. The molecule has 24 heavy (non-hydrogen) atoms. The van der Waals surface area contributed by atoms with Gasteiger partial charge in [0.25, 0.3) is 0 Å². The van der Waals surface area contributed by atoms with Crippen LogP contribution < -0.4 is 10.6 Å². The van der Waals surface area contributed by atoms with Crippen LogP contribution in [-0.4, -0.2) is 29.2 Å². The summed E-state index contributed by atoms with van der Waals surface area (Å²) in [6, 6.07) is 7.73. The second-order valence-electron chi connectivity index (χ2n) is 5.84. The molecule has 1 aromatic heterocycles. The minimum absolute atomic E-state index is 0.122. The molecule has 3 rings (SSSR count). The predicted octanol–water partition coefficient (Wildman–Crippen LogP) is 2.18. The number of anilines is 1. The Morgan fingerprint density at radius 2 is 2.17 bits per heavy atom. The molecule has 0 unspecified atom stereocenters. The van der Waals surface area contributed by atoms with Crippen molar-refractivity contribution < 1.29 is 4.79 Å². The van der Waals surface area contributed by atoms with Gasteiger partial charge in [0.05, 0.1) is 25.0 Å². The van der Waals surface area contributed by atoms with Gasteiger partial charge in [0, 0.05) is 11.3 Å². The van der Waals surface area contributed by atoms with Crippen LogP contribution in [0, 0.1) is 12.3 Å². The zero-order chi connectivity index (χ0) is 16.8. The first-order valence-corrected chi connectivity index (χ1v) is 8.16. The number of terminal acetylenes is 1. The number of nitrogens with one attached hydrogen (secondary N) is 2. The van der Waals surface area contributed by atoms with Gasteiger partial charge in [0.1, 0.15) is 0 Å². The summed E-state index contributed by atoms with van der Waals surface area (Å²) in [4.78, 5) is 11.9. The third-order valence-corrected chi connectivity index (χ3v) is 4.10. The Balaban J connectivity index is 1.79. The molecule has 0 fully saturated rings. The molecule has 1 aliphatic rings. The number of hydrogen-bond donors (Lipinski definition) is 2. The molecule has 2 aromatic rings. The molecule has 0 radical (unpaired) electrons. The van der Waals surface area contributed by atoms with Gasteiger partial charge in [0.2, 0.25) is 5.91 Å². The van der Waals surface area contributed by atoms with Crippen LogP contribution >= 0.6 is 0 Å². The molecule has 0 saturated carbocycles. The third kappa shape index (κ3) is 3.79. The van der Waals surface area contributed by atoms with Gasteiger partial charge in [-0.15, -0.1) is 6.42 Å². The standard InChI is InChI=1S/C19H20N4O/c1-2-10-20-13-18(24)22-16-8-5-7-14(11-16)19-17-9-4-3-6-15(17)12-21-23-19/h1,5,7-8,11-12,20H,3-4,6,9-10,13H2,(H,22,24). The zero-order valence-electron chi connectivity index (χ0n) is 13.5. The van der Waals surface area contributed by atoms with Crippen LogP contribution in [0.15, 0.2) is 30.5 Å². The van der Waals surface area contributed by atoms with E-state index in [0.29, 0.717) is 6.54 Å². The minimum atomic E-state index is -0.122. The van der Waals surface area contributed by atoms with Gasteiger partial charge in [-0.2, -0.15) is 10.2 Å². The maximum atomic E-state index is 11.9. The van der Waals surface area contributed by atoms with Crippen molar-refractivity contribution in [1.82, 2.24) is 15.5 Å². The first-order valence-electron chi connectivity index (χ1n) is 8.16. The summed E-state index contributed by atoms with van der Waals surface area (Å²) in [5.41, 5.74) is 5.23. The number of amides is 1. The van der Waals surface area contributed by atoms with Gasteiger partial charge in [0.15, 0.2) is 0 Å². The lowest BCUT2D eigenvalue weighted by Crippen LogP contribution is -2.28. The van der Waals surface area contributed by atoms with Crippen molar-refractivity contribution in [3.63, 3.8) is 0 Å².